The van der Waals surface area contributed by atoms with Gasteiger partial charge in [0.15, 0.2) is 0 Å². The zero-order chi connectivity index (χ0) is 11.7. The van der Waals surface area contributed by atoms with Crippen LogP contribution >= 0.6 is 24.0 Å². The number of benzene rings is 1. The number of anilines is 1. The van der Waals surface area contributed by atoms with E-state index in [0.29, 0.717) is 0 Å². The third-order valence-corrected chi connectivity index (χ3v) is 3.36. The Hall–Kier alpha value is -1.11. The molecule has 2 aromatic rings. The van der Waals surface area contributed by atoms with Crippen LogP contribution in [-0.4, -0.2) is 28.8 Å². The molecule has 3 rings (SSSR count). The maximum atomic E-state index is 11.1. The molecule has 1 saturated heterocycles. The largest absolute Gasteiger partial charge is 0.333 e. The molecule has 1 aromatic carbocycles. The summed E-state index contributed by atoms with van der Waals surface area (Å²) in [6, 6.07) is 7.92. The Balaban J connectivity index is 0.00000120. The van der Waals surface area contributed by atoms with E-state index in [1.54, 1.807) is 0 Å². The van der Waals surface area contributed by atoms with Gasteiger partial charge in [0.1, 0.15) is 6.29 Å². The summed E-state index contributed by atoms with van der Waals surface area (Å²) in [5.41, 5.74) is 1.98. The normalized spacial score (nSPS) is 19.6. The van der Waals surface area contributed by atoms with Gasteiger partial charge in [0.05, 0.1) is 17.1 Å². The number of nitrogens with zero attached hydrogens (tertiary/aromatic N) is 2. The highest BCUT2D eigenvalue weighted by Gasteiger charge is 2.24. The van der Waals surface area contributed by atoms with E-state index in [1.807, 2.05) is 24.3 Å². The van der Waals surface area contributed by atoms with Gasteiger partial charge in [-0.1, -0.05) is 12.1 Å². The molecule has 1 fully saturated rings. The predicted molar refractivity (Wildman–Crippen MR) is 82.6 cm³/mol. The molecule has 1 atom stereocenters. The standard InChI is InChI=1S/C13H15N3O.HI/c17-9-10-5-3-4-8-16(10)13-14-11-6-1-2-7-12(11)15-13;/h1-2,6-7,9-10H,3-5,8H2,(H,14,15);1H. The van der Waals surface area contributed by atoms with E-state index in [1.165, 1.54) is 0 Å². The fourth-order valence-corrected chi connectivity index (χ4v) is 2.44. The Morgan fingerprint density at radius 1 is 1.33 bits per heavy atom. The first kappa shape index (κ1) is 13.3. The molecular formula is C13H16IN3O. The molecule has 4 nitrogen and oxygen atoms in total. The summed E-state index contributed by atoms with van der Waals surface area (Å²) in [6.45, 7) is 0.906. The number of carbonyl (C=O) groups excluding carboxylic acids is 1. The summed E-state index contributed by atoms with van der Waals surface area (Å²) in [6.07, 6.45) is 4.22. The van der Waals surface area contributed by atoms with Gasteiger partial charge in [0.25, 0.3) is 0 Å². The topological polar surface area (TPSA) is 49.0 Å². The van der Waals surface area contributed by atoms with Crippen molar-refractivity contribution in [2.45, 2.75) is 25.3 Å². The van der Waals surface area contributed by atoms with Crippen molar-refractivity contribution in [2.75, 3.05) is 11.4 Å². The van der Waals surface area contributed by atoms with Crippen LogP contribution in [0.15, 0.2) is 24.3 Å². The van der Waals surface area contributed by atoms with Crippen LogP contribution in [0.4, 0.5) is 5.95 Å². The first-order chi connectivity index (χ1) is 8.38. The van der Waals surface area contributed by atoms with E-state index < -0.39 is 0 Å². The molecule has 0 saturated carbocycles. The minimum Gasteiger partial charge on any atom is -0.333 e. The first-order valence-electron chi connectivity index (χ1n) is 6.05. The Morgan fingerprint density at radius 2 is 2.17 bits per heavy atom. The highest BCUT2D eigenvalue weighted by Crippen LogP contribution is 2.23. The molecule has 96 valence electrons. The van der Waals surface area contributed by atoms with Crippen LogP contribution in [0.3, 0.4) is 0 Å². The third kappa shape index (κ3) is 2.36. The third-order valence-electron chi connectivity index (χ3n) is 3.36. The Morgan fingerprint density at radius 3 is 2.94 bits per heavy atom. The van der Waals surface area contributed by atoms with Crippen LogP contribution in [-0.2, 0) is 4.79 Å². The van der Waals surface area contributed by atoms with Gasteiger partial charge in [-0.05, 0) is 31.4 Å². The van der Waals surface area contributed by atoms with Gasteiger partial charge in [-0.15, -0.1) is 24.0 Å². The van der Waals surface area contributed by atoms with Gasteiger partial charge in [0, 0.05) is 6.54 Å². The molecule has 0 amide bonds. The second kappa shape index (κ2) is 5.69. The van der Waals surface area contributed by atoms with Gasteiger partial charge < -0.3 is 14.7 Å². The number of rotatable bonds is 2. The summed E-state index contributed by atoms with van der Waals surface area (Å²) in [5, 5.41) is 0. The van der Waals surface area contributed by atoms with Gasteiger partial charge in [0.2, 0.25) is 5.95 Å². The van der Waals surface area contributed by atoms with E-state index in [0.717, 1.165) is 49.1 Å². The number of H-pyrrole nitrogens is 1. The zero-order valence-corrected chi connectivity index (χ0v) is 12.3. The summed E-state index contributed by atoms with van der Waals surface area (Å²) >= 11 is 0. The zero-order valence-electron chi connectivity index (χ0n) is 10.0. The fraction of sp³-hybridized carbons (Fsp3) is 0.385. The van der Waals surface area contributed by atoms with Crippen molar-refractivity contribution in [3.63, 3.8) is 0 Å². The summed E-state index contributed by atoms with van der Waals surface area (Å²) < 4.78 is 0. The molecule has 1 aromatic heterocycles. The number of para-hydroxylation sites is 2. The van der Waals surface area contributed by atoms with Gasteiger partial charge in [-0.25, -0.2) is 4.98 Å². The van der Waals surface area contributed by atoms with Crippen LogP contribution in [0.25, 0.3) is 11.0 Å². The summed E-state index contributed by atoms with van der Waals surface area (Å²) in [4.78, 5) is 21.0. The van der Waals surface area contributed by atoms with E-state index in [-0.39, 0.29) is 30.0 Å². The van der Waals surface area contributed by atoms with Crippen molar-refractivity contribution >= 4 is 47.2 Å². The maximum absolute atomic E-state index is 11.1. The van der Waals surface area contributed by atoms with E-state index in [4.69, 9.17) is 0 Å². The van der Waals surface area contributed by atoms with E-state index >= 15 is 0 Å². The number of aromatic amines is 1. The molecule has 1 unspecified atom stereocenters. The maximum Gasteiger partial charge on any atom is 0.204 e. The molecule has 0 spiro atoms. The molecule has 0 bridgehead atoms. The summed E-state index contributed by atoms with van der Waals surface area (Å²) in [5.74, 6) is 0.822. The SMILES string of the molecule is I.O=CC1CCCCN1c1nc2ccccc2[nH]1. The van der Waals surface area contributed by atoms with Crippen LogP contribution in [0.2, 0.25) is 0 Å². The number of aldehydes is 1. The van der Waals surface area contributed by atoms with Crippen molar-refractivity contribution in [3.8, 4) is 0 Å². The minimum atomic E-state index is -0.0238. The molecule has 1 N–H and O–H groups in total. The van der Waals surface area contributed by atoms with Crippen LogP contribution in [0, 0.1) is 0 Å². The average Bonchev–Trinajstić information content (AvgIpc) is 2.82. The van der Waals surface area contributed by atoms with Crippen LogP contribution in [0.5, 0.6) is 0 Å². The molecular weight excluding hydrogens is 341 g/mol. The van der Waals surface area contributed by atoms with Crippen LogP contribution < -0.4 is 4.90 Å². The van der Waals surface area contributed by atoms with Gasteiger partial charge >= 0.3 is 0 Å². The number of imidazole rings is 1. The highest BCUT2D eigenvalue weighted by atomic mass is 127. The predicted octanol–water partition coefficient (Wildman–Crippen LogP) is 2.74. The molecule has 0 aliphatic carbocycles. The van der Waals surface area contributed by atoms with Crippen molar-refractivity contribution in [1.82, 2.24) is 9.97 Å². The lowest BCUT2D eigenvalue weighted by Gasteiger charge is -2.31. The van der Waals surface area contributed by atoms with Crippen LogP contribution in [0.1, 0.15) is 19.3 Å². The number of nitrogens with one attached hydrogen (secondary N) is 1. The minimum absolute atomic E-state index is 0. The number of halogens is 1. The molecule has 5 heteroatoms. The number of aromatic nitrogens is 2. The molecule has 0 radical (unpaired) electrons. The van der Waals surface area contributed by atoms with Gasteiger partial charge in [-0.3, -0.25) is 0 Å². The van der Waals surface area contributed by atoms with Crippen molar-refractivity contribution < 1.29 is 4.79 Å². The monoisotopic (exact) mass is 357 g/mol. The van der Waals surface area contributed by atoms with Crippen molar-refractivity contribution in [2.24, 2.45) is 0 Å². The number of fused-ring (bicyclic) bond motifs is 1. The second-order valence-electron chi connectivity index (χ2n) is 4.47. The van der Waals surface area contributed by atoms with Crippen molar-refractivity contribution in [1.29, 1.82) is 0 Å². The number of hydrogen-bond donors (Lipinski definition) is 1. The lowest BCUT2D eigenvalue weighted by atomic mass is 10.0. The quantitative estimate of drug-likeness (QED) is 0.664. The fourth-order valence-electron chi connectivity index (χ4n) is 2.44. The molecule has 2 heterocycles. The number of hydrogen-bond acceptors (Lipinski definition) is 3. The summed E-state index contributed by atoms with van der Waals surface area (Å²) in [7, 11) is 0. The van der Waals surface area contributed by atoms with Gasteiger partial charge in [-0.2, -0.15) is 0 Å². The number of piperidine rings is 1. The van der Waals surface area contributed by atoms with Crippen molar-refractivity contribution in [3.05, 3.63) is 24.3 Å². The molecule has 1 aliphatic rings. The first-order valence-corrected chi connectivity index (χ1v) is 6.05. The van der Waals surface area contributed by atoms with E-state index in [9.17, 15) is 4.79 Å². The Labute approximate surface area is 123 Å². The lowest BCUT2D eigenvalue weighted by Crippen LogP contribution is -2.41. The average molecular weight is 357 g/mol. The molecule has 1 aliphatic heterocycles. The highest BCUT2D eigenvalue weighted by molar-refractivity contribution is 14.0. The number of carbonyl (C=O) groups is 1. The Kier molecular flexibility index (Phi) is 4.21. The van der Waals surface area contributed by atoms with E-state index in [2.05, 4.69) is 14.9 Å². The second-order valence-corrected chi connectivity index (χ2v) is 4.47. The Bertz CT molecular complexity index is 507. The molecule has 18 heavy (non-hydrogen) atoms. The smallest absolute Gasteiger partial charge is 0.204 e. The lowest BCUT2D eigenvalue weighted by molar-refractivity contribution is -0.109.